The first-order valence-electron chi connectivity index (χ1n) is 45.2. The molecule has 6 aromatic heterocycles. The van der Waals surface area contributed by atoms with Crippen molar-refractivity contribution in [2.45, 2.75) is 19.3 Å². The maximum Gasteiger partial charge on any atom is 0.335 e. The van der Waals surface area contributed by atoms with Crippen molar-refractivity contribution < 1.29 is 38.2 Å². The number of carbonyl (C=O) groups is 6. The molecule has 22 aromatic rings. The smallest absolute Gasteiger partial charge is 0.335 e. The van der Waals surface area contributed by atoms with Crippen LogP contribution in [0.5, 0.6) is 11.5 Å². The van der Waals surface area contributed by atoms with E-state index in [4.69, 9.17) is 9.47 Å². The highest BCUT2D eigenvalue weighted by Crippen LogP contribution is 2.50. The molecule has 0 aliphatic carbocycles. The Morgan fingerprint density at radius 3 is 1.05 bits per heavy atom. The number of rotatable bonds is 15. The van der Waals surface area contributed by atoms with Gasteiger partial charge in [-0.1, -0.05) is 234 Å². The second kappa shape index (κ2) is 30.8. The van der Waals surface area contributed by atoms with E-state index in [1.165, 1.54) is 60.7 Å². The van der Waals surface area contributed by atoms with Crippen LogP contribution in [-0.4, -0.2) is 69.5 Å². The molecule has 0 atom stereocenters. The quantitative estimate of drug-likeness (QED) is 0.0403. The fourth-order valence-corrected chi connectivity index (χ4v) is 21.4. The van der Waals surface area contributed by atoms with Crippen molar-refractivity contribution in [1.82, 2.24) is 27.4 Å². The van der Waals surface area contributed by atoms with Crippen LogP contribution in [-0.2, 0) is 15.0 Å². The average molecular weight is 1810 g/mol. The molecule has 0 unspecified atom stereocenters. The summed E-state index contributed by atoms with van der Waals surface area (Å²) in [6.45, 7) is 15.6. The molecule has 139 heavy (non-hydrogen) atoms. The normalized spacial score (nSPS) is 13.9. The minimum absolute atomic E-state index is 0.0421. The standard InChI is InChI=1S/C118H73N9O12/c1-6-105(128)138-103-54-48-67(57-99(103)125-112(132)84-52-50-82-107-83(51-53-85(108(84)107)113(125)133)111(131)123(110(82)130)71-60-69(120-91-40-20-11-31-74(91)75-32-12-21-41-92(75)120)59-70(61-71)121-93-42-22-13-33-76(93)77-34-14-23-43-94(77)121)118(4,5)68-49-55-104(139-106(129)7-2)100(58-68)126-114(134)86-64-88-89(65-87(86)115(126)135)117(137)127(116(88)136)109-101(119-56-28-8-9-29-66(3)73-30-10-19-39-90(73)119)62-72(122-95-44-24-15-35-78(95)79-36-16-25-45-96(79)122)63-102(109)124-97-46-26-17-37-80(97)81-38-18-27-47-98(81)124/h6-55,57-65H,1-3,56H2,4-5H3/b28-8-,29-9-. The number of anilines is 4. The monoisotopic (exact) mass is 1810 g/mol. The van der Waals surface area contributed by atoms with Gasteiger partial charge in [-0.3, -0.25) is 38.4 Å². The van der Waals surface area contributed by atoms with Gasteiger partial charge < -0.3 is 32.6 Å². The summed E-state index contributed by atoms with van der Waals surface area (Å²) in [4.78, 5) is 160. The van der Waals surface area contributed by atoms with Crippen LogP contribution in [0, 0.1) is 0 Å². The predicted octanol–water partition coefficient (Wildman–Crippen LogP) is 22.8. The summed E-state index contributed by atoms with van der Waals surface area (Å²) >= 11 is 0. The highest BCUT2D eigenvalue weighted by Gasteiger charge is 2.44. The number of allylic oxidation sites excluding steroid dienone is 4. The van der Waals surface area contributed by atoms with E-state index >= 15 is 38.4 Å². The van der Waals surface area contributed by atoms with Crippen LogP contribution >= 0.6 is 0 Å². The number of hydrogen-bond acceptors (Lipinski definition) is 13. The Balaban J connectivity index is 0.612. The van der Waals surface area contributed by atoms with Crippen LogP contribution in [0.25, 0.3) is 159 Å². The second-order valence-corrected chi connectivity index (χ2v) is 35.5. The highest BCUT2D eigenvalue weighted by atomic mass is 16.5. The van der Waals surface area contributed by atoms with E-state index in [9.17, 15) is 9.59 Å². The number of amides is 4. The molecule has 21 nitrogen and oxygen atoms in total. The third-order valence-electron chi connectivity index (χ3n) is 27.8. The predicted molar refractivity (Wildman–Crippen MR) is 549 cm³/mol. The minimum Gasteiger partial charge on any atom is -0.421 e. The first-order valence-corrected chi connectivity index (χ1v) is 45.2. The van der Waals surface area contributed by atoms with E-state index in [1.807, 2.05) is 218 Å². The van der Waals surface area contributed by atoms with Gasteiger partial charge in [0.15, 0.2) is 11.5 Å². The molecule has 4 amide bonds. The Morgan fingerprint density at radius 1 is 0.302 bits per heavy atom. The van der Waals surface area contributed by atoms with Crippen LogP contribution in [0.2, 0.25) is 0 Å². The van der Waals surface area contributed by atoms with E-state index in [2.05, 4.69) is 97.5 Å². The number of para-hydroxylation sites is 9. The van der Waals surface area contributed by atoms with Gasteiger partial charge in [-0.05, 0) is 162 Å². The van der Waals surface area contributed by atoms with Crippen LogP contribution in [0.1, 0.15) is 72.0 Å². The van der Waals surface area contributed by atoms with E-state index in [1.54, 1.807) is 26.0 Å². The van der Waals surface area contributed by atoms with Gasteiger partial charge in [-0.2, -0.15) is 0 Å². The third-order valence-corrected chi connectivity index (χ3v) is 27.8. The van der Waals surface area contributed by atoms with Crippen molar-refractivity contribution in [3.63, 3.8) is 0 Å². The number of benzene rings is 16. The molecule has 0 spiro atoms. The van der Waals surface area contributed by atoms with Gasteiger partial charge in [0.2, 0.25) is 0 Å². The van der Waals surface area contributed by atoms with Crippen LogP contribution in [0.15, 0.2) is 397 Å². The van der Waals surface area contributed by atoms with Gasteiger partial charge >= 0.3 is 11.9 Å². The SMILES string of the molecule is C=CC(=O)Oc1ccc(C(C)(C)c2ccc(OC(=O)C=C)c(-n3c(=O)c4cc5c(=O)n(-c6c(N7C/C=C\C=C/C(=C)c8ccccc87)cc(-n7c8ccccc8c8ccccc87)cc6-n6c7ccccc7c7ccccc76)c(=O)c5cc4c3=O)c2)cc1N1C(=O)c2ccc3c4c(ccc(c24)C1=O)C(=O)N(c1cc(-n2c4ccccc4c4ccccc42)cc(-n2c4ccccc4c4ccccc42)c1)C3=O. The fraction of sp³-hybridized carbons (Fsp3) is 0.0339. The molecular weight excluding hydrogens is 1740 g/mol. The lowest BCUT2D eigenvalue weighted by Gasteiger charge is -2.33. The largest absolute Gasteiger partial charge is 0.421 e. The van der Waals surface area contributed by atoms with E-state index in [0.717, 1.165) is 124 Å². The van der Waals surface area contributed by atoms with Gasteiger partial charge in [0.25, 0.3) is 45.9 Å². The summed E-state index contributed by atoms with van der Waals surface area (Å²) in [5.41, 5.74) is 7.76. The molecular formula is C118H73N9O12. The molecule has 0 fully saturated rings. The number of imide groups is 2. The Morgan fingerprint density at radius 2 is 0.640 bits per heavy atom. The number of nitrogens with zero attached hydrogens (tertiary/aromatic N) is 9. The summed E-state index contributed by atoms with van der Waals surface area (Å²) in [6.07, 6.45) is 9.60. The molecule has 0 saturated heterocycles. The molecule has 662 valence electrons. The molecule has 16 aromatic carbocycles. The molecule has 3 aliphatic heterocycles. The average Bonchev–Trinajstić information content (AvgIpc) is 1.17. The molecule has 0 bridgehead atoms. The molecule has 0 radical (unpaired) electrons. The number of esters is 2. The lowest BCUT2D eigenvalue weighted by molar-refractivity contribution is -0.129. The molecule has 9 heterocycles. The number of hydrogen-bond donors (Lipinski definition) is 0. The van der Waals surface area contributed by atoms with Crippen molar-refractivity contribution in [1.29, 1.82) is 0 Å². The number of aromatic nitrogens is 6. The van der Waals surface area contributed by atoms with Gasteiger partial charge in [0, 0.05) is 111 Å². The molecule has 21 heteroatoms. The van der Waals surface area contributed by atoms with Gasteiger partial charge in [-0.25, -0.2) is 28.5 Å². The Hall–Kier alpha value is -19.0. The molecule has 3 aliphatic rings. The zero-order valence-electron chi connectivity index (χ0n) is 74.3. The van der Waals surface area contributed by atoms with Crippen LogP contribution in [0.3, 0.4) is 0 Å². The van der Waals surface area contributed by atoms with Crippen LogP contribution in [0.4, 0.5) is 22.7 Å². The zero-order valence-corrected chi connectivity index (χ0v) is 74.3. The van der Waals surface area contributed by atoms with Crippen molar-refractivity contribution in [3.8, 4) is 45.6 Å². The van der Waals surface area contributed by atoms with Crippen LogP contribution < -0.4 is 46.4 Å². The van der Waals surface area contributed by atoms with Crippen molar-refractivity contribution in [2.75, 3.05) is 21.2 Å². The first-order chi connectivity index (χ1) is 67.7. The lowest BCUT2D eigenvalue weighted by atomic mass is 9.77. The molecule has 0 N–H and O–H groups in total. The summed E-state index contributed by atoms with van der Waals surface area (Å²) in [5, 5.41) is 7.05. The molecule has 25 rings (SSSR count). The van der Waals surface area contributed by atoms with Gasteiger partial charge in [0.05, 0.1) is 111 Å². The van der Waals surface area contributed by atoms with E-state index in [0.29, 0.717) is 50.8 Å². The number of fused-ring (bicyclic) bond motifs is 15. The maximum atomic E-state index is 16.6. The lowest BCUT2D eigenvalue weighted by Crippen LogP contribution is -2.43. The van der Waals surface area contributed by atoms with E-state index < -0.39 is 63.2 Å². The topological polar surface area (TPSA) is 228 Å². The first kappa shape index (κ1) is 81.9. The minimum atomic E-state index is -1.32. The fourth-order valence-electron chi connectivity index (χ4n) is 21.4. The van der Waals surface area contributed by atoms with Gasteiger partial charge in [0.1, 0.15) is 5.69 Å². The van der Waals surface area contributed by atoms with Gasteiger partial charge in [-0.15, -0.1) is 0 Å². The molecule has 0 saturated carbocycles. The number of carbonyl (C=O) groups excluding carboxylic acids is 6. The summed E-state index contributed by atoms with van der Waals surface area (Å²) in [7, 11) is 0. The second-order valence-electron chi connectivity index (χ2n) is 35.5. The maximum absolute atomic E-state index is 16.6. The number of ether oxygens (including phenoxy) is 2. The summed E-state index contributed by atoms with van der Waals surface area (Å²) in [6, 6.07) is 99.3. The Bertz CT molecular complexity index is 9280. The zero-order chi connectivity index (χ0) is 94.6. The van der Waals surface area contributed by atoms with E-state index in [-0.39, 0.29) is 95.4 Å². The van der Waals surface area contributed by atoms with Crippen molar-refractivity contribution in [2.24, 2.45) is 0 Å². The third kappa shape index (κ3) is 12.0. The Labute approximate surface area is 788 Å². The van der Waals surface area contributed by atoms with Crippen molar-refractivity contribution >= 4 is 183 Å². The summed E-state index contributed by atoms with van der Waals surface area (Å²) < 4.78 is 22.3. The summed E-state index contributed by atoms with van der Waals surface area (Å²) in [5.74, 6) is -5.65. The Kier molecular flexibility index (Phi) is 18.1. The van der Waals surface area contributed by atoms with Crippen molar-refractivity contribution in [3.05, 3.63) is 458 Å². The highest BCUT2D eigenvalue weighted by molar-refractivity contribution is 6.42.